The second kappa shape index (κ2) is 5.47. The summed E-state index contributed by atoms with van der Waals surface area (Å²) < 4.78 is 4.86. The van der Waals surface area contributed by atoms with E-state index in [2.05, 4.69) is 5.32 Å². The number of aliphatic carboxylic acids is 1. The van der Waals surface area contributed by atoms with Crippen LogP contribution < -0.4 is 5.32 Å². The van der Waals surface area contributed by atoms with Crippen LogP contribution in [0.5, 0.6) is 0 Å². The van der Waals surface area contributed by atoms with Gasteiger partial charge in [0.2, 0.25) is 0 Å². The molecule has 1 aliphatic rings. The minimum Gasteiger partial charge on any atom is -0.480 e. The van der Waals surface area contributed by atoms with Gasteiger partial charge in [0.1, 0.15) is 6.54 Å². The normalized spacial score (nSPS) is 16.6. The summed E-state index contributed by atoms with van der Waals surface area (Å²) in [6.07, 6.45) is 3.97. The van der Waals surface area contributed by atoms with Crippen molar-refractivity contribution >= 4 is 12.1 Å². The summed E-state index contributed by atoms with van der Waals surface area (Å²) in [5.41, 5.74) is 0. The Labute approximate surface area is 82.4 Å². The molecule has 0 aromatic heterocycles. The highest BCUT2D eigenvalue weighted by Crippen LogP contribution is 2.24. The summed E-state index contributed by atoms with van der Waals surface area (Å²) in [5, 5.41) is 10.4. The monoisotopic (exact) mass is 201 g/mol. The third-order valence-corrected chi connectivity index (χ3v) is 2.31. The van der Waals surface area contributed by atoms with Crippen molar-refractivity contribution in [2.45, 2.75) is 25.7 Å². The lowest BCUT2D eigenvalue weighted by Crippen LogP contribution is -2.30. The van der Waals surface area contributed by atoms with Gasteiger partial charge in [0.15, 0.2) is 0 Å². The molecule has 1 fully saturated rings. The maximum Gasteiger partial charge on any atom is 0.407 e. The summed E-state index contributed by atoms with van der Waals surface area (Å²) >= 11 is 0. The molecule has 80 valence electrons. The molecule has 0 bridgehead atoms. The van der Waals surface area contributed by atoms with Crippen LogP contribution in [-0.4, -0.2) is 30.3 Å². The zero-order valence-corrected chi connectivity index (χ0v) is 7.99. The number of carbonyl (C=O) groups excluding carboxylic acids is 1. The fourth-order valence-corrected chi connectivity index (χ4v) is 1.57. The Bertz CT molecular complexity index is 211. The molecule has 1 saturated carbocycles. The Kier molecular flexibility index (Phi) is 4.22. The third kappa shape index (κ3) is 4.11. The molecule has 0 heterocycles. The summed E-state index contributed by atoms with van der Waals surface area (Å²) in [4.78, 5) is 21.0. The standard InChI is InChI=1S/C9H15NO4/c11-8(12)5-10-9(13)14-6-7-3-1-2-4-7/h7H,1-6H2,(H,10,13)(H,11,12). The Morgan fingerprint density at radius 2 is 2.00 bits per heavy atom. The number of hydrogen-bond acceptors (Lipinski definition) is 3. The Morgan fingerprint density at radius 3 is 2.57 bits per heavy atom. The number of rotatable bonds is 4. The number of ether oxygens (including phenoxy) is 1. The van der Waals surface area contributed by atoms with E-state index in [0.29, 0.717) is 12.5 Å². The van der Waals surface area contributed by atoms with Crippen LogP contribution in [0.25, 0.3) is 0 Å². The van der Waals surface area contributed by atoms with E-state index in [1.165, 1.54) is 12.8 Å². The van der Waals surface area contributed by atoms with Crippen LogP contribution in [0.3, 0.4) is 0 Å². The number of carboxylic acids is 1. The molecule has 1 aliphatic carbocycles. The van der Waals surface area contributed by atoms with E-state index in [1.807, 2.05) is 0 Å². The Balaban J connectivity index is 2.05. The van der Waals surface area contributed by atoms with Crippen molar-refractivity contribution in [3.05, 3.63) is 0 Å². The predicted octanol–water partition coefficient (Wildman–Crippen LogP) is 0.987. The van der Waals surface area contributed by atoms with Gasteiger partial charge in [-0.05, 0) is 18.8 Å². The maximum atomic E-state index is 10.9. The van der Waals surface area contributed by atoms with E-state index < -0.39 is 12.1 Å². The summed E-state index contributed by atoms with van der Waals surface area (Å²) in [6, 6.07) is 0. The Morgan fingerprint density at radius 1 is 1.36 bits per heavy atom. The van der Waals surface area contributed by atoms with Crippen LogP contribution in [0.15, 0.2) is 0 Å². The van der Waals surface area contributed by atoms with Crippen LogP contribution in [-0.2, 0) is 9.53 Å². The fourth-order valence-electron chi connectivity index (χ4n) is 1.57. The molecule has 5 nitrogen and oxygen atoms in total. The lowest BCUT2D eigenvalue weighted by Gasteiger charge is -2.09. The quantitative estimate of drug-likeness (QED) is 0.711. The van der Waals surface area contributed by atoms with Crippen LogP contribution in [0, 0.1) is 5.92 Å². The van der Waals surface area contributed by atoms with Crippen molar-refractivity contribution in [3.8, 4) is 0 Å². The van der Waals surface area contributed by atoms with Gasteiger partial charge in [-0.2, -0.15) is 0 Å². The largest absolute Gasteiger partial charge is 0.480 e. The number of alkyl carbamates (subject to hydrolysis) is 1. The highest BCUT2D eigenvalue weighted by atomic mass is 16.5. The Hall–Kier alpha value is -1.26. The molecule has 0 saturated heterocycles. The highest BCUT2D eigenvalue weighted by molar-refractivity contribution is 5.76. The van der Waals surface area contributed by atoms with Crippen molar-refractivity contribution in [1.29, 1.82) is 0 Å². The van der Waals surface area contributed by atoms with Crippen molar-refractivity contribution in [2.75, 3.05) is 13.2 Å². The molecule has 2 N–H and O–H groups in total. The zero-order valence-electron chi connectivity index (χ0n) is 7.99. The van der Waals surface area contributed by atoms with E-state index in [-0.39, 0.29) is 6.54 Å². The molecular weight excluding hydrogens is 186 g/mol. The zero-order chi connectivity index (χ0) is 10.4. The van der Waals surface area contributed by atoms with Gasteiger partial charge >= 0.3 is 12.1 Å². The first-order chi connectivity index (χ1) is 6.68. The van der Waals surface area contributed by atoms with E-state index in [0.717, 1.165) is 12.8 Å². The second-order valence-electron chi connectivity index (χ2n) is 3.50. The number of amides is 1. The average molecular weight is 201 g/mol. The highest BCUT2D eigenvalue weighted by Gasteiger charge is 2.16. The van der Waals surface area contributed by atoms with Crippen LogP contribution in [0.1, 0.15) is 25.7 Å². The molecule has 1 rings (SSSR count). The van der Waals surface area contributed by atoms with E-state index in [9.17, 15) is 9.59 Å². The van der Waals surface area contributed by atoms with E-state index in [4.69, 9.17) is 9.84 Å². The number of carboxylic acid groups (broad SMARTS) is 1. The molecule has 0 atom stereocenters. The van der Waals surface area contributed by atoms with Gasteiger partial charge in [-0.15, -0.1) is 0 Å². The summed E-state index contributed by atoms with van der Waals surface area (Å²) in [5.74, 6) is -0.603. The minimum absolute atomic E-state index is 0.385. The number of carbonyl (C=O) groups is 2. The molecule has 14 heavy (non-hydrogen) atoms. The first-order valence-electron chi connectivity index (χ1n) is 4.81. The summed E-state index contributed by atoms with van der Waals surface area (Å²) in [7, 11) is 0. The van der Waals surface area contributed by atoms with Crippen molar-refractivity contribution < 1.29 is 19.4 Å². The number of nitrogens with one attached hydrogen (secondary N) is 1. The molecule has 0 aromatic rings. The maximum absolute atomic E-state index is 10.9. The van der Waals surface area contributed by atoms with Gasteiger partial charge in [-0.25, -0.2) is 4.79 Å². The SMILES string of the molecule is O=C(O)CNC(=O)OCC1CCCC1. The second-order valence-corrected chi connectivity index (χ2v) is 3.50. The van der Waals surface area contributed by atoms with E-state index >= 15 is 0 Å². The van der Waals surface area contributed by atoms with Gasteiger partial charge in [0.25, 0.3) is 0 Å². The topological polar surface area (TPSA) is 75.6 Å². The first-order valence-corrected chi connectivity index (χ1v) is 4.81. The molecule has 0 aromatic carbocycles. The van der Waals surface area contributed by atoms with Crippen molar-refractivity contribution in [1.82, 2.24) is 5.32 Å². The molecule has 0 aliphatic heterocycles. The molecule has 0 unspecified atom stereocenters. The van der Waals surface area contributed by atoms with Gasteiger partial charge < -0.3 is 15.2 Å². The van der Waals surface area contributed by atoms with Gasteiger partial charge in [0, 0.05) is 0 Å². The molecule has 0 radical (unpaired) electrons. The van der Waals surface area contributed by atoms with Gasteiger partial charge in [-0.1, -0.05) is 12.8 Å². The number of hydrogen-bond donors (Lipinski definition) is 2. The molecule has 5 heteroatoms. The smallest absolute Gasteiger partial charge is 0.407 e. The predicted molar refractivity (Wildman–Crippen MR) is 48.9 cm³/mol. The molecular formula is C9H15NO4. The van der Waals surface area contributed by atoms with E-state index in [1.54, 1.807) is 0 Å². The van der Waals surface area contributed by atoms with Crippen molar-refractivity contribution in [2.24, 2.45) is 5.92 Å². The van der Waals surface area contributed by atoms with Crippen molar-refractivity contribution in [3.63, 3.8) is 0 Å². The van der Waals surface area contributed by atoms with Gasteiger partial charge in [0.05, 0.1) is 6.61 Å². The summed E-state index contributed by atoms with van der Waals surface area (Å²) in [6.45, 7) is 0.0228. The van der Waals surface area contributed by atoms with Gasteiger partial charge in [-0.3, -0.25) is 4.79 Å². The lowest BCUT2D eigenvalue weighted by molar-refractivity contribution is -0.135. The van der Waals surface area contributed by atoms with Crippen LogP contribution >= 0.6 is 0 Å². The fraction of sp³-hybridized carbons (Fsp3) is 0.778. The molecule has 0 spiro atoms. The minimum atomic E-state index is -1.07. The molecule has 1 amide bonds. The van der Waals surface area contributed by atoms with Crippen LogP contribution in [0.2, 0.25) is 0 Å². The first kappa shape index (κ1) is 10.8. The average Bonchev–Trinajstić information content (AvgIpc) is 2.63. The third-order valence-electron chi connectivity index (χ3n) is 2.31. The lowest BCUT2D eigenvalue weighted by atomic mass is 10.1. The van der Waals surface area contributed by atoms with Crippen LogP contribution in [0.4, 0.5) is 4.79 Å².